The van der Waals surface area contributed by atoms with Crippen molar-refractivity contribution in [3.8, 4) is 0 Å². The maximum Gasteiger partial charge on any atom is 0.220 e. The van der Waals surface area contributed by atoms with Crippen LogP contribution in [0, 0.1) is 11.8 Å². The fourth-order valence-corrected chi connectivity index (χ4v) is 1.30. The maximum atomic E-state index is 11.4. The van der Waals surface area contributed by atoms with Gasteiger partial charge in [-0.1, -0.05) is 33.6 Å². The molecule has 0 heterocycles. The van der Waals surface area contributed by atoms with Gasteiger partial charge >= 0.3 is 0 Å². The molecular formula is C12H26N2O. The topological polar surface area (TPSA) is 55.1 Å². The predicted molar refractivity (Wildman–Crippen MR) is 64.5 cm³/mol. The van der Waals surface area contributed by atoms with Gasteiger partial charge in [0.1, 0.15) is 0 Å². The van der Waals surface area contributed by atoms with Crippen LogP contribution in [0.2, 0.25) is 0 Å². The highest BCUT2D eigenvalue weighted by Gasteiger charge is 2.04. The Morgan fingerprint density at radius 1 is 1.27 bits per heavy atom. The van der Waals surface area contributed by atoms with Gasteiger partial charge in [-0.2, -0.15) is 0 Å². The zero-order valence-electron chi connectivity index (χ0n) is 10.4. The van der Waals surface area contributed by atoms with Crippen molar-refractivity contribution in [2.45, 2.75) is 46.5 Å². The lowest BCUT2D eigenvalue weighted by molar-refractivity contribution is -0.121. The van der Waals surface area contributed by atoms with Crippen LogP contribution in [-0.4, -0.2) is 19.0 Å². The van der Waals surface area contributed by atoms with Gasteiger partial charge in [-0.05, 0) is 24.8 Å². The average Bonchev–Trinajstić information content (AvgIpc) is 2.20. The molecule has 1 amide bonds. The summed E-state index contributed by atoms with van der Waals surface area (Å²) < 4.78 is 0. The molecule has 1 atom stereocenters. The number of hydrogen-bond donors (Lipinski definition) is 2. The van der Waals surface area contributed by atoms with Crippen LogP contribution in [0.3, 0.4) is 0 Å². The van der Waals surface area contributed by atoms with Crippen molar-refractivity contribution in [2.24, 2.45) is 17.6 Å². The van der Waals surface area contributed by atoms with E-state index in [4.69, 9.17) is 5.73 Å². The molecule has 0 saturated heterocycles. The molecule has 90 valence electrons. The van der Waals surface area contributed by atoms with Crippen LogP contribution >= 0.6 is 0 Å². The van der Waals surface area contributed by atoms with Crippen molar-refractivity contribution < 1.29 is 4.79 Å². The predicted octanol–water partition coefficient (Wildman–Crippen LogP) is 1.91. The van der Waals surface area contributed by atoms with Gasteiger partial charge in [0.05, 0.1) is 0 Å². The van der Waals surface area contributed by atoms with E-state index in [0.29, 0.717) is 25.4 Å². The van der Waals surface area contributed by atoms with E-state index in [-0.39, 0.29) is 5.91 Å². The molecule has 0 aliphatic heterocycles. The highest BCUT2D eigenvalue weighted by molar-refractivity contribution is 5.75. The van der Waals surface area contributed by atoms with E-state index in [1.165, 1.54) is 6.42 Å². The third-order valence-corrected chi connectivity index (χ3v) is 2.49. The fraction of sp³-hybridized carbons (Fsp3) is 0.917. The first-order valence-corrected chi connectivity index (χ1v) is 6.03. The average molecular weight is 214 g/mol. The van der Waals surface area contributed by atoms with Gasteiger partial charge in [0.2, 0.25) is 5.91 Å². The first-order valence-electron chi connectivity index (χ1n) is 6.03. The molecule has 3 nitrogen and oxygen atoms in total. The SMILES string of the molecule is CC(C)CCCCC(=O)NCC(C)CN. The summed E-state index contributed by atoms with van der Waals surface area (Å²) in [5.41, 5.74) is 5.46. The normalized spacial score (nSPS) is 12.9. The molecule has 0 radical (unpaired) electrons. The quantitative estimate of drug-likeness (QED) is 0.606. The van der Waals surface area contributed by atoms with E-state index >= 15 is 0 Å². The van der Waals surface area contributed by atoms with Gasteiger partial charge in [0.25, 0.3) is 0 Å². The minimum Gasteiger partial charge on any atom is -0.356 e. The van der Waals surface area contributed by atoms with Gasteiger partial charge in [-0.15, -0.1) is 0 Å². The second-order valence-electron chi connectivity index (χ2n) is 4.78. The Hall–Kier alpha value is -0.570. The van der Waals surface area contributed by atoms with Crippen LogP contribution in [0.5, 0.6) is 0 Å². The third kappa shape index (κ3) is 9.73. The van der Waals surface area contributed by atoms with Crippen molar-refractivity contribution in [3.63, 3.8) is 0 Å². The standard InChI is InChI=1S/C12H26N2O/c1-10(2)6-4-5-7-12(15)14-9-11(3)8-13/h10-11H,4-9,13H2,1-3H3,(H,14,15). The first-order chi connectivity index (χ1) is 7.06. The van der Waals surface area contributed by atoms with E-state index < -0.39 is 0 Å². The van der Waals surface area contributed by atoms with Gasteiger partial charge < -0.3 is 11.1 Å². The number of amides is 1. The molecule has 3 N–H and O–H groups in total. The van der Waals surface area contributed by atoms with Crippen molar-refractivity contribution in [2.75, 3.05) is 13.1 Å². The largest absolute Gasteiger partial charge is 0.356 e. The Morgan fingerprint density at radius 2 is 1.93 bits per heavy atom. The molecule has 1 unspecified atom stereocenters. The number of rotatable bonds is 8. The Labute approximate surface area is 93.8 Å². The lowest BCUT2D eigenvalue weighted by atomic mass is 10.1. The fourth-order valence-electron chi connectivity index (χ4n) is 1.30. The highest BCUT2D eigenvalue weighted by atomic mass is 16.1. The summed E-state index contributed by atoms with van der Waals surface area (Å²) in [5.74, 6) is 1.29. The summed E-state index contributed by atoms with van der Waals surface area (Å²) in [6.07, 6.45) is 4.02. The number of carbonyl (C=O) groups excluding carboxylic acids is 1. The molecule has 0 spiro atoms. The van der Waals surface area contributed by atoms with Crippen LogP contribution in [-0.2, 0) is 4.79 Å². The Bertz CT molecular complexity index is 169. The van der Waals surface area contributed by atoms with E-state index in [9.17, 15) is 4.79 Å². The molecule has 0 aliphatic carbocycles. The smallest absolute Gasteiger partial charge is 0.220 e. The van der Waals surface area contributed by atoms with E-state index in [0.717, 1.165) is 18.8 Å². The number of hydrogen-bond acceptors (Lipinski definition) is 2. The molecule has 0 saturated carbocycles. The molecule has 0 aliphatic rings. The monoisotopic (exact) mass is 214 g/mol. The summed E-state index contributed by atoms with van der Waals surface area (Å²) in [5, 5.41) is 2.90. The van der Waals surface area contributed by atoms with Gasteiger partial charge in [0, 0.05) is 13.0 Å². The molecule has 0 bridgehead atoms. The maximum absolute atomic E-state index is 11.4. The number of nitrogens with two attached hydrogens (primary N) is 1. The lowest BCUT2D eigenvalue weighted by Crippen LogP contribution is -2.31. The molecule has 0 aromatic heterocycles. The van der Waals surface area contributed by atoms with E-state index in [1.54, 1.807) is 0 Å². The number of nitrogens with one attached hydrogen (secondary N) is 1. The van der Waals surface area contributed by atoms with Crippen LogP contribution < -0.4 is 11.1 Å². The summed E-state index contributed by atoms with van der Waals surface area (Å²) in [6.45, 7) is 7.80. The molecule has 0 fully saturated rings. The second-order valence-corrected chi connectivity index (χ2v) is 4.78. The van der Waals surface area contributed by atoms with Crippen LogP contribution in [0.25, 0.3) is 0 Å². The third-order valence-electron chi connectivity index (χ3n) is 2.49. The summed E-state index contributed by atoms with van der Waals surface area (Å²) >= 11 is 0. The van der Waals surface area contributed by atoms with Crippen molar-refractivity contribution in [1.82, 2.24) is 5.32 Å². The number of unbranched alkanes of at least 4 members (excludes halogenated alkanes) is 1. The van der Waals surface area contributed by atoms with Gasteiger partial charge in [-0.3, -0.25) is 4.79 Å². The minimum absolute atomic E-state index is 0.166. The van der Waals surface area contributed by atoms with Gasteiger partial charge in [0.15, 0.2) is 0 Å². The van der Waals surface area contributed by atoms with E-state index in [1.807, 2.05) is 6.92 Å². The van der Waals surface area contributed by atoms with Crippen molar-refractivity contribution >= 4 is 5.91 Å². The molecule has 0 rings (SSSR count). The molecular weight excluding hydrogens is 188 g/mol. The summed E-state index contributed by atoms with van der Waals surface area (Å²) in [7, 11) is 0. The Morgan fingerprint density at radius 3 is 2.47 bits per heavy atom. The molecule has 0 aromatic carbocycles. The Balaban J connectivity index is 3.34. The van der Waals surface area contributed by atoms with E-state index in [2.05, 4.69) is 19.2 Å². The Kier molecular flexibility index (Phi) is 8.38. The van der Waals surface area contributed by atoms with Crippen LogP contribution in [0.1, 0.15) is 46.5 Å². The molecule has 0 aromatic rings. The second kappa shape index (κ2) is 8.72. The zero-order valence-corrected chi connectivity index (χ0v) is 10.4. The molecule has 3 heteroatoms. The van der Waals surface area contributed by atoms with Crippen LogP contribution in [0.15, 0.2) is 0 Å². The molecule has 15 heavy (non-hydrogen) atoms. The summed E-state index contributed by atoms with van der Waals surface area (Å²) in [6, 6.07) is 0. The highest BCUT2D eigenvalue weighted by Crippen LogP contribution is 2.07. The zero-order chi connectivity index (χ0) is 11.7. The first kappa shape index (κ1) is 14.4. The minimum atomic E-state index is 0.166. The van der Waals surface area contributed by atoms with Gasteiger partial charge in [-0.25, -0.2) is 0 Å². The number of carbonyl (C=O) groups is 1. The van der Waals surface area contributed by atoms with Crippen LogP contribution in [0.4, 0.5) is 0 Å². The van der Waals surface area contributed by atoms with Crippen molar-refractivity contribution in [1.29, 1.82) is 0 Å². The lowest BCUT2D eigenvalue weighted by Gasteiger charge is -2.10. The summed E-state index contributed by atoms with van der Waals surface area (Å²) in [4.78, 5) is 11.4. The van der Waals surface area contributed by atoms with Crippen molar-refractivity contribution in [3.05, 3.63) is 0 Å².